The molecule has 0 aliphatic heterocycles. The van der Waals surface area contributed by atoms with Gasteiger partial charge in [-0.3, -0.25) is 0 Å². The van der Waals surface area contributed by atoms with Gasteiger partial charge in [0, 0.05) is 21.2 Å². The molecule has 3 rings (SSSR count). The number of halogens is 6. The minimum atomic E-state index is -0.402. The second kappa shape index (κ2) is 7.12. The summed E-state index contributed by atoms with van der Waals surface area (Å²) in [5.74, 6) is -0.770. The largest absolute Gasteiger partial charge is 0.207 e. The molecule has 3 aromatic carbocycles. The van der Waals surface area contributed by atoms with Gasteiger partial charge in [0.1, 0.15) is 11.6 Å². The van der Waals surface area contributed by atoms with E-state index in [4.69, 9.17) is 23.2 Å². The normalized spacial score (nSPS) is 10.9. The summed E-state index contributed by atoms with van der Waals surface area (Å²) >= 11 is 19.6. The van der Waals surface area contributed by atoms with Gasteiger partial charge < -0.3 is 0 Å². The Morgan fingerprint density at radius 3 is 2.21 bits per heavy atom. The van der Waals surface area contributed by atoms with E-state index in [2.05, 4.69) is 31.9 Å². The maximum Gasteiger partial charge on any atom is 0.138 e. The topological polar surface area (TPSA) is 0 Å². The van der Waals surface area contributed by atoms with Crippen LogP contribution in [0.2, 0.25) is 10.0 Å². The van der Waals surface area contributed by atoms with Crippen molar-refractivity contribution in [2.24, 2.45) is 0 Å². The van der Waals surface area contributed by atoms with E-state index in [1.165, 1.54) is 18.2 Å². The number of hydrogen-bond donors (Lipinski definition) is 0. The minimum Gasteiger partial charge on any atom is -0.207 e. The van der Waals surface area contributed by atoms with Crippen LogP contribution in [0.4, 0.5) is 8.78 Å². The molecule has 0 radical (unpaired) electrons. The van der Waals surface area contributed by atoms with Gasteiger partial charge in [0.15, 0.2) is 0 Å². The van der Waals surface area contributed by atoms with Crippen molar-refractivity contribution in [1.82, 2.24) is 0 Å². The van der Waals surface area contributed by atoms with Crippen LogP contribution in [0, 0.1) is 11.6 Å². The first-order valence-corrected chi connectivity index (χ1v) is 9.12. The first kappa shape index (κ1) is 17.9. The molecular formula is C18H8Br2Cl2F2. The maximum absolute atomic E-state index is 13.8. The van der Waals surface area contributed by atoms with E-state index in [1.807, 2.05) is 0 Å². The molecule has 24 heavy (non-hydrogen) atoms. The summed E-state index contributed by atoms with van der Waals surface area (Å²) in [7, 11) is 0. The third-order valence-corrected chi connectivity index (χ3v) is 6.03. The molecule has 0 heterocycles. The zero-order chi connectivity index (χ0) is 17.4. The summed E-state index contributed by atoms with van der Waals surface area (Å²) in [5.41, 5.74) is 2.32. The average Bonchev–Trinajstić information content (AvgIpc) is 2.55. The summed E-state index contributed by atoms with van der Waals surface area (Å²) in [5, 5.41) is 0.744. The molecule has 3 aromatic rings. The third kappa shape index (κ3) is 3.25. The molecule has 6 heteroatoms. The lowest BCUT2D eigenvalue weighted by atomic mass is 9.99. The minimum absolute atomic E-state index is 0.294. The monoisotopic (exact) mass is 490 g/mol. The van der Waals surface area contributed by atoms with Gasteiger partial charge >= 0.3 is 0 Å². The number of hydrogen-bond acceptors (Lipinski definition) is 0. The van der Waals surface area contributed by atoms with E-state index in [0.717, 1.165) is 0 Å². The van der Waals surface area contributed by atoms with Gasteiger partial charge in [0.05, 0.1) is 14.5 Å². The van der Waals surface area contributed by atoms with Gasteiger partial charge in [0.2, 0.25) is 0 Å². The predicted octanol–water partition coefficient (Wildman–Crippen LogP) is 8.13. The lowest BCUT2D eigenvalue weighted by Gasteiger charge is -2.15. The summed E-state index contributed by atoms with van der Waals surface area (Å²) in [6.45, 7) is 0. The Balaban J connectivity index is 2.25. The molecule has 0 bridgehead atoms. The van der Waals surface area contributed by atoms with Crippen LogP contribution in [-0.4, -0.2) is 0 Å². The highest BCUT2D eigenvalue weighted by Gasteiger charge is 2.19. The van der Waals surface area contributed by atoms with Crippen LogP contribution in [0.15, 0.2) is 57.5 Å². The van der Waals surface area contributed by atoms with Gasteiger partial charge in [-0.1, -0.05) is 47.5 Å². The quantitative estimate of drug-likeness (QED) is 0.317. The van der Waals surface area contributed by atoms with Crippen molar-refractivity contribution in [2.75, 3.05) is 0 Å². The number of benzene rings is 3. The fourth-order valence-corrected chi connectivity index (χ4v) is 4.19. The molecular weight excluding hydrogens is 485 g/mol. The van der Waals surface area contributed by atoms with Crippen LogP contribution < -0.4 is 0 Å². The molecule has 0 atom stereocenters. The van der Waals surface area contributed by atoms with Gasteiger partial charge in [-0.25, -0.2) is 8.78 Å². The van der Waals surface area contributed by atoms with Crippen LogP contribution in [0.3, 0.4) is 0 Å². The fraction of sp³-hybridized carbons (Fsp3) is 0. The molecule has 0 aromatic heterocycles. The number of rotatable bonds is 2. The van der Waals surface area contributed by atoms with Gasteiger partial charge in [0.25, 0.3) is 0 Å². The standard InChI is InChI=1S/C18H8Br2Cl2F2/c19-16-11(5-2-6-14(16)24)15-13(21)8-12(18(22)17(15)20)9-3-1-4-10(23)7-9/h1-8H. The molecule has 0 aliphatic rings. The SMILES string of the molecule is Fc1cccc(-c2cc(Cl)c(-c3cccc(F)c3Br)c(Br)c2Cl)c1. The second-order valence-corrected chi connectivity index (χ2v) is 7.39. The van der Waals surface area contributed by atoms with Gasteiger partial charge in [-0.15, -0.1) is 0 Å². The van der Waals surface area contributed by atoms with E-state index in [9.17, 15) is 8.78 Å². The summed E-state index contributed by atoms with van der Waals surface area (Å²) in [4.78, 5) is 0. The Kier molecular flexibility index (Phi) is 5.30. The third-order valence-electron chi connectivity index (χ3n) is 3.52. The van der Waals surface area contributed by atoms with Crippen molar-refractivity contribution < 1.29 is 8.78 Å². The summed E-state index contributed by atoms with van der Waals surface area (Å²) < 4.78 is 28.1. The van der Waals surface area contributed by atoms with Crippen LogP contribution >= 0.6 is 55.1 Å². The van der Waals surface area contributed by atoms with Crippen LogP contribution in [0.5, 0.6) is 0 Å². The molecule has 0 saturated carbocycles. The smallest absolute Gasteiger partial charge is 0.138 e. The first-order chi connectivity index (χ1) is 11.4. The van der Waals surface area contributed by atoms with E-state index in [-0.39, 0.29) is 5.82 Å². The molecule has 0 unspecified atom stereocenters. The van der Waals surface area contributed by atoms with Crippen molar-refractivity contribution in [1.29, 1.82) is 0 Å². The van der Waals surface area contributed by atoms with Crippen LogP contribution in [0.25, 0.3) is 22.3 Å². The lowest BCUT2D eigenvalue weighted by Crippen LogP contribution is -1.91. The van der Waals surface area contributed by atoms with Crippen molar-refractivity contribution >= 4 is 55.1 Å². The molecule has 0 nitrogen and oxygen atoms in total. The highest BCUT2D eigenvalue weighted by molar-refractivity contribution is 9.11. The average molecular weight is 493 g/mol. The zero-order valence-electron chi connectivity index (χ0n) is 11.9. The molecule has 0 saturated heterocycles. The first-order valence-electron chi connectivity index (χ1n) is 6.78. The molecule has 0 N–H and O–H groups in total. The molecule has 122 valence electrons. The molecule has 0 aliphatic carbocycles. The van der Waals surface area contributed by atoms with Gasteiger partial charge in [-0.05, 0) is 61.7 Å². The summed E-state index contributed by atoms with van der Waals surface area (Å²) in [6.07, 6.45) is 0. The maximum atomic E-state index is 13.8. The Morgan fingerprint density at radius 1 is 0.792 bits per heavy atom. The highest BCUT2D eigenvalue weighted by Crippen LogP contribution is 2.46. The van der Waals surface area contributed by atoms with E-state index in [1.54, 1.807) is 30.3 Å². The van der Waals surface area contributed by atoms with E-state index < -0.39 is 5.82 Å². The van der Waals surface area contributed by atoms with E-state index in [0.29, 0.717) is 41.2 Å². The van der Waals surface area contributed by atoms with Crippen molar-refractivity contribution in [3.05, 3.63) is 79.2 Å². The van der Waals surface area contributed by atoms with Crippen LogP contribution in [0.1, 0.15) is 0 Å². The second-order valence-electron chi connectivity index (χ2n) is 5.02. The van der Waals surface area contributed by atoms with Crippen molar-refractivity contribution in [2.45, 2.75) is 0 Å². The molecule has 0 spiro atoms. The Morgan fingerprint density at radius 2 is 1.50 bits per heavy atom. The summed E-state index contributed by atoms with van der Waals surface area (Å²) in [6, 6.07) is 12.4. The Hall–Kier alpha value is -0.940. The molecule has 0 fully saturated rings. The zero-order valence-corrected chi connectivity index (χ0v) is 16.6. The van der Waals surface area contributed by atoms with Crippen LogP contribution in [-0.2, 0) is 0 Å². The molecule has 0 amide bonds. The Labute approximate surface area is 164 Å². The Bertz CT molecular complexity index is 943. The highest BCUT2D eigenvalue weighted by atomic mass is 79.9. The lowest BCUT2D eigenvalue weighted by molar-refractivity contribution is 0.622. The van der Waals surface area contributed by atoms with Crippen molar-refractivity contribution in [3.63, 3.8) is 0 Å². The predicted molar refractivity (Wildman–Crippen MR) is 103 cm³/mol. The van der Waals surface area contributed by atoms with Gasteiger partial charge in [-0.2, -0.15) is 0 Å². The van der Waals surface area contributed by atoms with Crippen molar-refractivity contribution in [3.8, 4) is 22.3 Å². The fourth-order valence-electron chi connectivity index (χ4n) is 2.40. The van der Waals surface area contributed by atoms with E-state index >= 15 is 0 Å².